The zero-order chi connectivity index (χ0) is 21.9. The number of halogens is 3. The molecule has 0 fully saturated rings. The summed E-state index contributed by atoms with van der Waals surface area (Å²) < 4.78 is 63.4. The molecule has 30 heavy (non-hydrogen) atoms. The highest BCUT2D eigenvalue weighted by molar-refractivity contribution is 7.92. The largest absolute Gasteiger partial charge is 0.417 e. The number of hydrogen-bond acceptors (Lipinski definition) is 7. The van der Waals surface area contributed by atoms with Gasteiger partial charge in [0, 0.05) is 49.5 Å². The highest BCUT2D eigenvalue weighted by Gasteiger charge is 2.31. The van der Waals surface area contributed by atoms with Crippen molar-refractivity contribution >= 4 is 21.7 Å². The normalized spacial score (nSPS) is 11.9. The van der Waals surface area contributed by atoms with Gasteiger partial charge in [0.15, 0.2) is 5.82 Å². The highest BCUT2D eigenvalue weighted by atomic mass is 32.2. The van der Waals surface area contributed by atoms with Crippen LogP contribution in [0, 0.1) is 0 Å². The molecule has 0 aliphatic rings. The molecule has 3 heterocycles. The van der Waals surface area contributed by atoms with Crippen molar-refractivity contribution < 1.29 is 21.6 Å². The molecular weight excluding hydrogens is 421 g/mol. The van der Waals surface area contributed by atoms with E-state index in [9.17, 15) is 21.6 Å². The van der Waals surface area contributed by atoms with Gasteiger partial charge >= 0.3 is 6.18 Å². The Hall–Kier alpha value is -3.28. The van der Waals surface area contributed by atoms with E-state index in [1.54, 1.807) is 18.2 Å². The smallest absolute Gasteiger partial charge is 0.366 e. The molecule has 3 rings (SSSR count). The molecule has 0 bridgehead atoms. The number of sulfonamides is 1. The summed E-state index contributed by atoms with van der Waals surface area (Å²) in [7, 11) is -2.11. The van der Waals surface area contributed by atoms with E-state index in [1.807, 2.05) is 0 Å². The fourth-order valence-corrected chi connectivity index (χ4v) is 2.99. The molecule has 0 atom stereocenters. The second-order valence-corrected chi connectivity index (χ2v) is 8.31. The Bertz CT molecular complexity index is 1150. The lowest BCUT2D eigenvalue weighted by atomic mass is 10.2. The first-order chi connectivity index (χ1) is 14.1. The molecule has 0 aliphatic carbocycles. The van der Waals surface area contributed by atoms with E-state index in [4.69, 9.17) is 0 Å². The highest BCUT2D eigenvalue weighted by Crippen LogP contribution is 2.30. The Morgan fingerprint density at radius 3 is 2.60 bits per heavy atom. The van der Waals surface area contributed by atoms with Crippen molar-refractivity contribution in [2.45, 2.75) is 12.7 Å². The minimum atomic E-state index is -4.53. The molecule has 1 N–H and O–H groups in total. The molecule has 0 saturated carbocycles. The summed E-state index contributed by atoms with van der Waals surface area (Å²) in [5.74, 6) is 0.663. The van der Waals surface area contributed by atoms with Crippen LogP contribution < -0.4 is 9.62 Å². The van der Waals surface area contributed by atoms with Crippen LogP contribution in [-0.2, 0) is 22.7 Å². The van der Waals surface area contributed by atoms with Gasteiger partial charge in [-0.05, 0) is 18.2 Å². The third-order valence-electron chi connectivity index (χ3n) is 4.10. The number of nitrogens with one attached hydrogen (secondary N) is 1. The number of nitrogens with zero attached hydrogens (tertiary/aromatic N) is 5. The number of hydrogen-bond donors (Lipinski definition) is 1. The maximum atomic E-state index is 12.9. The Balaban J connectivity index is 1.83. The van der Waals surface area contributed by atoms with Crippen molar-refractivity contribution in [3.63, 3.8) is 0 Å². The number of pyridine rings is 2. The van der Waals surface area contributed by atoms with E-state index in [0.29, 0.717) is 11.4 Å². The van der Waals surface area contributed by atoms with E-state index in [2.05, 4.69) is 25.3 Å². The minimum Gasteiger partial charge on any atom is -0.366 e. The molecule has 0 aliphatic heterocycles. The lowest BCUT2D eigenvalue weighted by Gasteiger charge is -2.19. The molecule has 0 unspecified atom stereocenters. The predicted molar refractivity (Wildman–Crippen MR) is 105 cm³/mol. The third-order valence-corrected chi connectivity index (χ3v) is 5.27. The Morgan fingerprint density at radius 1 is 1.13 bits per heavy atom. The molecule has 0 saturated heterocycles. The summed E-state index contributed by atoms with van der Waals surface area (Å²) in [6.45, 7) is 0.181. The van der Waals surface area contributed by atoms with Crippen LogP contribution in [0.15, 0.2) is 49.1 Å². The molecule has 0 radical (unpaired) electrons. The van der Waals surface area contributed by atoms with Crippen molar-refractivity contribution in [3.8, 4) is 11.4 Å². The molecule has 0 spiro atoms. The van der Waals surface area contributed by atoms with Gasteiger partial charge in [-0.25, -0.2) is 23.4 Å². The first-order valence-corrected chi connectivity index (χ1v) is 10.4. The molecule has 0 amide bonds. The molecule has 8 nitrogen and oxygen atoms in total. The zero-order valence-electron chi connectivity index (χ0n) is 15.9. The molecule has 158 valence electrons. The first-order valence-electron chi connectivity index (χ1n) is 8.53. The van der Waals surface area contributed by atoms with Gasteiger partial charge in [-0.1, -0.05) is 6.07 Å². The van der Waals surface area contributed by atoms with Crippen molar-refractivity contribution in [1.29, 1.82) is 0 Å². The third kappa shape index (κ3) is 5.00. The number of aromatic nitrogens is 4. The maximum absolute atomic E-state index is 12.9. The SMILES string of the molecule is CN(c1ncccc1CNc1ccnc(-c2cncc(C(F)(F)F)c2)n1)S(C)(=O)=O. The standard InChI is InChI=1S/C18H17F3N6O2S/c1-27(30(2,28)29)17-12(4-3-6-24-17)10-25-15-5-7-23-16(26-15)13-8-14(11-22-9-13)18(19,20)21/h3-9,11H,10H2,1-2H3,(H,23,25,26). The average molecular weight is 438 g/mol. The zero-order valence-corrected chi connectivity index (χ0v) is 16.7. The van der Waals surface area contributed by atoms with E-state index >= 15 is 0 Å². The van der Waals surface area contributed by atoms with Gasteiger partial charge < -0.3 is 5.32 Å². The van der Waals surface area contributed by atoms with Gasteiger partial charge in [-0.2, -0.15) is 13.2 Å². The van der Waals surface area contributed by atoms with Gasteiger partial charge in [0.25, 0.3) is 0 Å². The first kappa shape index (κ1) is 21.4. The molecular formula is C18H17F3N6O2S. The maximum Gasteiger partial charge on any atom is 0.417 e. The van der Waals surface area contributed by atoms with Crippen LogP contribution in [0.2, 0.25) is 0 Å². The monoisotopic (exact) mass is 438 g/mol. The van der Waals surface area contributed by atoms with Gasteiger partial charge in [0.05, 0.1) is 11.8 Å². The topological polar surface area (TPSA) is 101 Å². The van der Waals surface area contributed by atoms with Crippen molar-refractivity contribution in [2.75, 3.05) is 22.9 Å². The molecule has 3 aromatic rings. The average Bonchev–Trinajstić information content (AvgIpc) is 2.71. The molecule has 12 heteroatoms. The van der Waals surface area contributed by atoms with Gasteiger partial charge in [0.2, 0.25) is 10.0 Å². The van der Waals surface area contributed by atoms with E-state index in [0.717, 1.165) is 22.8 Å². The quantitative estimate of drug-likeness (QED) is 0.631. The lowest BCUT2D eigenvalue weighted by molar-refractivity contribution is -0.137. The lowest BCUT2D eigenvalue weighted by Crippen LogP contribution is -2.27. The number of rotatable bonds is 6. The summed E-state index contributed by atoms with van der Waals surface area (Å²) in [5.41, 5.74) is -0.190. The number of alkyl halides is 3. The van der Waals surface area contributed by atoms with Gasteiger partial charge in [0.1, 0.15) is 11.6 Å². The summed E-state index contributed by atoms with van der Waals surface area (Å²) in [6, 6.07) is 5.83. The predicted octanol–water partition coefficient (Wildman–Crippen LogP) is 2.96. The van der Waals surface area contributed by atoms with Crippen molar-refractivity contribution in [3.05, 3.63) is 60.2 Å². The second kappa shape index (κ2) is 8.22. The van der Waals surface area contributed by atoms with Crippen LogP contribution in [0.25, 0.3) is 11.4 Å². The molecule has 0 aromatic carbocycles. The van der Waals surface area contributed by atoms with Gasteiger partial charge in [-0.3, -0.25) is 9.29 Å². The number of anilines is 2. The van der Waals surface area contributed by atoms with E-state index in [-0.39, 0.29) is 23.8 Å². The van der Waals surface area contributed by atoms with E-state index in [1.165, 1.54) is 25.6 Å². The van der Waals surface area contributed by atoms with Crippen molar-refractivity contribution in [1.82, 2.24) is 19.9 Å². The summed E-state index contributed by atoms with van der Waals surface area (Å²) in [4.78, 5) is 16.0. The fourth-order valence-electron chi connectivity index (χ4n) is 2.51. The van der Waals surface area contributed by atoms with Crippen molar-refractivity contribution in [2.24, 2.45) is 0 Å². The summed E-state index contributed by atoms with van der Waals surface area (Å²) in [6.07, 6.45) is 1.39. The van der Waals surface area contributed by atoms with Crippen LogP contribution in [0.1, 0.15) is 11.1 Å². The fraction of sp³-hybridized carbons (Fsp3) is 0.222. The Labute approximate surface area is 170 Å². The van der Waals surface area contributed by atoms with Gasteiger partial charge in [-0.15, -0.1) is 0 Å². The van der Waals surface area contributed by atoms with Crippen LogP contribution in [0.5, 0.6) is 0 Å². The van der Waals surface area contributed by atoms with Crippen LogP contribution in [-0.4, -0.2) is 41.7 Å². The Kier molecular flexibility index (Phi) is 5.87. The molecule has 3 aromatic heterocycles. The van der Waals surface area contributed by atoms with Crippen LogP contribution in [0.4, 0.5) is 24.8 Å². The van der Waals surface area contributed by atoms with Crippen LogP contribution >= 0.6 is 0 Å². The summed E-state index contributed by atoms with van der Waals surface area (Å²) in [5, 5.41) is 3.01. The Morgan fingerprint density at radius 2 is 1.90 bits per heavy atom. The van der Waals surface area contributed by atoms with E-state index < -0.39 is 21.8 Å². The van der Waals surface area contributed by atoms with Crippen LogP contribution in [0.3, 0.4) is 0 Å². The second-order valence-electron chi connectivity index (χ2n) is 6.30. The minimum absolute atomic E-state index is 0.0678. The summed E-state index contributed by atoms with van der Waals surface area (Å²) >= 11 is 0.